The fraction of sp³-hybridized carbons (Fsp3) is 0.176. The minimum Gasteiger partial charge on any atom is -0.497 e. The first-order valence-electron chi connectivity index (χ1n) is 6.91. The lowest BCUT2D eigenvalue weighted by Crippen LogP contribution is -2.21. The van der Waals surface area contributed by atoms with Crippen LogP contribution < -0.4 is 10.1 Å². The highest BCUT2D eigenvalue weighted by molar-refractivity contribution is 5.92. The number of benzene rings is 2. The summed E-state index contributed by atoms with van der Waals surface area (Å²) in [5, 5.41) is 2.58. The van der Waals surface area contributed by atoms with E-state index < -0.39 is 24.3 Å². The van der Waals surface area contributed by atoms with Gasteiger partial charge in [-0.05, 0) is 35.9 Å². The van der Waals surface area contributed by atoms with Gasteiger partial charge in [-0.15, -0.1) is 0 Å². The fourth-order valence-corrected chi connectivity index (χ4v) is 1.87. The van der Waals surface area contributed by atoms with Crippen LogP contribution in [0.1, 0.15) is 5.56 Å². The molecule has 23 heavy (non-hydrogen) atoms. The molecule has 0 aliphatic rings. The van der Waals surface area contributed by atoms with Gasteiger partial charge in [0.1, 0.15) is 11.6 Å². The molecule has 2 rings (SSSR count). The summed E-state index contributed by atoms with van der Waals surface area (Å²) in [6.07, 6.45) is -0.220. The smallest absolute Gasteiger partial charge is 0.310 e. The lowest BCUT2D eigenvalue weighted by molar-refractivity contribution is -0.146. The van der Waals surface area contributed by atoms with E-state index in [1.54, 1.807) is 37.4 Å². The predicted octanol–water partition coefficient (Wildman–Crippen LogP) is 2.56. The molecule has 2 aromatic carbocycles. The Morgan fingerprint density at radius 3 is 2.43 bits per heavy atom. The van der Waals surface area contributed by atoms with Crippen molar-refractivity contribution in [2.75, 3.05) is 19.0 Å². The van der Waals surface area contributed by atoms with Crippen LogP contribution in [-0.4, -0.2) is 25.6 Å². The van der Waals surface area contributed by atoms with Crippen molar-refractivity contribution in [2.24, 2.45) is 0 Å². The molecule has 1 amide bonds. The van der Waals surface area contributed by atoms with Crippen molar-refractivity contribution in [3.05, 3.63) is 59.9 Å². The highest BCUT2D eigenvalue weighted by Gasteiger charge is 2.11. The minimum atomic E-state index is -0.667. The van der Waals surface area contributed by atoms with E-state index >= 15 is 0 Å². The number of rotatable bonds is 6. The van der Waals surface area contributed by atoms with Crippen LogP contribution >= 0.6 is 0 Å². The highest BCUT2D eigenvalue weighted by atomic mass is 19.1. The van der Waals surface area contributed by atoms with Crippen molar-refractivity contribution in [1.29, 1.82) is 0 Å². The number of halogens is 1. The van der Waals surface area contributed by atoms with E-state index in [4.69, 9.17) is 9.47 Å². The Morgan fingerprint density at radius 1 is 1.09 bits per heavy atom. The number of amides is 1. The molecule has 6 heteroatoms. The molecule has 1 N–H and O–H groups in total. The van der Waals surface area contributed by atoms with Crippen LogP contribution in [-0.2, 0) is 20.7 Å². The highest BCUT2D eigenvalue weighted by Crippen LogP contribution is 2.14. The van der Waals surface area contributed by atoms with Gasteiger partial charge in [-0.25, -0.2) is 4.39 Å². The van der Waals surface area contributed by atoms with Crippen molar-refractivity contribution in [1.82, 2.24) is 0 Å². The first kappa shape index (κ1) is 16.5. The van der Waals surface area contributed by atoms with Crippen LogP contribution in [0.15, 0.2) is 48.5 Å². The lowest BCUT2D eigenvalue weighted by atomic mass is 10.1. The van der Waals surface area contributed by atoms with E-state index in [-0.39, 0.29) is 12.0 Å². The van der Waals surface area contributed by atoms with Crippen molar-refractivity contribution in [2.45, 2.75) is 6.42 Å². The molecule has 0 aliphatic heterocycles. The van der Waals surface area contributed by atoms with E-state index in [0.717, 1.165) is 0 Å². The maximum atomic E-state index is 13.4. The fourth-order valence-electron chi connectivity index (χ4n) is 1.87. The Kier molecular flexibility index (Phi) is 5.68. The predicted molar refractivity (Wildman–Crippen MR) is 82.7 cm³/mol. The number of nitrogens with one attached hydrogen (secondary N) is 1. The van der Waals surface area contributed by atoms with Crippen LogP contribution in [0.2, 0.25) is 0 Å². The van der Waals surface area contributed by atoms with E-state index in [9.17, 15) is 14.0 Å². The van der Waals surface area contributed by atoms with Gasteiger partial charge < -0.3 is 14.8 Å². The molecule has 0 atom stereocenters. The third-order valence-corrected chi connectivity index (χ3v) is 3.03. The summed E-state index contributed by atoms with van der Waals surface area (Å²) < 4.78 is 23.2. The number of hydrogen-bond donors (Lipinski definition) is 1. The first-order valence-corrected chi connectivity index (χ1v) is 6.91. The summed E-state index contributed by atoms with van der Waals surface area (Å²) >= 11 is 0. The summed E-state index contributed by atoms with van der Waals surface area (Å²) in [7, 11) is 1.54. The van der Waals surface area contributed by atoms with Crippen LogP contribution in [0.4, 0.5) is 10.1 Å². The maximum Gasteiger partial charge on any atom is 0.310 e. The summed E-state index contributed by atoms with van der Waals surface area (Å²) in [4.78, 5) is 23.3. The third kappa shape index (κ3) is 5.10. The number of carbonyl (C=O) groups excluding carboxylic acids is 2. The number of anilines is 1. The summed E-state index contributed by atoms with van der Waals surface area (Å²) in [5.41, 5.74) is 0.786. The average molecular weight is 317 g/mol. The Bertz CT molecular complexity index is 685. The second-order valence-electron chi connectivity index (χ2n) is 4.71. The molecule has 0 heterocycles. The molecule has 0 spiro atoms. The number of ether oxygens (including phenoxy) is 2. The Morgan fingerprint density at radius 2 is 1.78 bits per heavy atom. The van der Waals surface area contributed by atoms with E-state index in [2.05, 4.69) is 5.32 Å². The maximum absolute atomic E-state index is 13.4. The first-order chi connectivity index (χ1) is 11.1. The molecule has 0 fully saturated rings. The van der Waals surface area contributed by atoms with Gasteiger partial charge in [0.2, 0.25) is 0 Å². The summed E-state index contributed by atoms with van der Waals surface area (Å²) in [6.45, 7) is -0.431. The van der Waals surface area contributed by atoms with Gasteiger partial charge in [-0.3, -0.25) is 9.59 Å². The molecule has 2 aromatic rings. The Labute approximate surface area is 133 Å². The van der Waals surface area contributed by atoms with Gasteiger partial charge in [0.05, 0.1) is 13.5 Å². The van der Waals surface area contributed by atoms with Crippen LogP contribution in [0.5, 0.6) is 5.75 Å². The molecule has 120 valence electrons. The Hall–Kier alpha value is -2.89. The molecule has 0 unspecified atom stereocenters. The minimum absolute atomic E-state index is 0.220. The molecular formula is C17H16FNO4. The number of esters is 1. The molecule has 0 aliphatic carbocycles. The lowest BCUT2D eigenvalue weighted by Gasteiger charge is -2.07. The standard InChI is InChI=1S/C17H16FNO4/c1-22-14-8-6-13(7-9-14)19-16(20)11-23-17(21)10-12-4-2-3-5-15(12)18/h2-9H,10-11H2,1H3,(H,19,20). The van der Waals surface area contributed by atoms with Crippen LogP contribution in [0.3, 0.4) is 0 Å². The van der Waals surface area contributed by atoms with Gasteiger partial charge in [-0.1, -0.05) is 18.2 Å². The van der Waals surface area contributed by atoms with Crippen molar-refractivity contribution in [3.63, 3.8) is 0 Å². The monoisotopic (exact) mass is 317 g/mol. The molecule has 0 radical (unpaired) electrons. The summed E-state index contributed by atoms with van der Waals surface area (Å²) in [5.74, 6) is -0.955. The van der Waals surface area contributed by atoms with Crippen molar-refractivity contribution < 1.29 is 23.5 Å². The van der Waals surface area contributed by atoms with Crippen LogP contribution in [0.25, 0.3) is 0 Å². The zero-order valence-electron chi connectivity index (χ0n) is 12.5. The van der Waals surface area contributed by atoms with E-state index in [1.807, 2.05) is 0 Å². The number of carbonyl (C=O) groups is 2. The van der Waals surface area contributed by atoms with Gasteiger partial charge >= 0.3 is 5.97 Å². The van der Waals surface area contributed by atoms with Gasteiger partial charge in [0.15, 0.2) is 6.61 Å². The average Bonchev–Trinajstić information content (AvgIpc) is 2.56. The van der Waals surface area contributed by atoms with Gasteiger partial charge in [-0.2, -0.15) is 0 Å². The number of hydrogen-bond acceptors (Lipinski definition) is 4. The quantitative estimate of drug-likeness (QED) is 0.832. The zero-order chi connectivity index (χ0) is 16.7. The molecule has 5 nitrogen and oxygen atoms in total. The SMILES string of the molecule is COc1ccc(NC(=O)COC(=O)Cc2ccccc2F)cc1. The Balaban J connectivity index is 1.79. The van der Waals surface area contributed by atoms with E-state index in [0.29, 0.717) is 11.4 Å². The molecule has 0 saturated carbocycles. The molecule has 0 saturated heterocycles. The van der Waals surface area contributed by atoms with Crippen molar-refractivity contribution in [3.8, 4) is 5.75 Å². The number of methoxy groups -OCH3 is 1. The molecule has 0 bridgehead atoms. The second kappa shape index (κ2) is 7.93. The largest absolute Gasteiger partial charge is 0.497 e. The van der Waals surface area contributed by atoms with E-state index in [1.165, 1.54) is 18.2 Å². The third-order valence-electron chi connectivity index (χ3n) is 3.03. The van der Waals surface area contributed by atoms with Gasteiger partial charge in [0, 0.05) is 5.69 Å². The second-order valence-corrected chi connectivity index (χ2v) is 4.71. The topological polar surface area (TPSA) is 64.6 Å². The zero-order valence-corrected chi connectivity index (χ0v) is 12.5. The normalized spacial score (nSPS) is 10.0. The molecular weight excluding hydrogens is 301 g/mol. The van der Waals surface area contributed by atoms with Crippen molar-refractivity contribution >= 4 is 17.6 Å². The molecule has 0 aromatic heterocycles. The van der Waals surface area contributed by atoms with Gasteiger partial charge in [0.25, 0.3) is 5.91 Å². The van der Waals surface area contributed by atoms with Crippen LogP contribution in [0, 0.1) is 5.82 Å². The summed E-state index contributed by atoms with van der Waals surface area (Å²) in [6, 6.07) is 12.6.